The Hall–Kier alpha value is -2.24. The van der Waals surface area contributed by atoms with Crippen LogP contribution < -0.4 is 5.73 Å². The van der Waals surface area contributed by atoms with E-state index in [0.29, 0.717) is 28.6 Å². The maximum atomic E-state index is 5.53. The molecule has 6 nitrogen and oxygen atoms in total. The third-order valence-electron chi connectivity index (χ3n) is 2.01. The van der Waals surface area contributed by atoms with Crippen molar-refractivity contribution in [3.05, 3.63) is 18.4 Å². The third-order valence-corrected chi connectivity index (χ3v) is 2.01. The van der Waals surface area contributed by atoms with Crippen molar-refractivity contribution < 1.29 is 13.3 Å². The fraction of sp³-hybridized carbons (Fsp3) is 0.111. The highest BCUT2D eigenvalue weighted by atomic mass is 16.4. The predicted molar refractivity (Wildman–Crippen MR) is 50.9 cm³/mol. The molecule has 6 heteroatoms. The summed E-state index contributed by atoms with van der Waals surface area (Å²) in [5.41, 5.74) is 6.52. The summed E-state index contributed by atoms with van der Waals surface area (Å²) in [6, 6.07) is 0. The van der Waals surface area contributed by atoms with Crippen molar-refractivity contribution in [3.8, 4) is 11.7 Å². The second-order valence-corrected chi connectivity index (χ2v) is 3.08. The van der Waals surface area contributed by atoms with Gasteiger partial charge in [0.2, 0.25) is 17.2 Å². The van der Waals surface area contributed by atoms with Gasteiger partial charge in [0.1, 0.15) is 6.26 Å². The van der Waals surface area contributed by atoms with Crippen LogP contribution in [0.3, 0.4) is 0 Å². The summed E-state index contributed by atoms with van der Waals surface area (Å²) in [4.78, 5) is 8.09. The average Bonchev–Trinajstić information content (AvgIpc) is 2.84. The molecule has 0 aliphatic heterocycles. The molecule has 3 aromatic rings. The molecule has 0 aliphatic rings. The van der Waals surface area contributed by atoms with Crippen LogP contribution in [0.4, 0.5) is 5.88 Å². The van der Waals surface area contributed by atoms with Gasteiger partial charge in [0.15, 0.2) is 11.4 Å². The Morgan fingerprint density at radius 2 is 2.20 bits per heavy atom. The lowest BCUT2D eigenvalue weighted by molar-refractivity contribution is 0.502. The van der Waals surface area contributed by atoms with E-state index in [1.165, 1.54) is 6.26 Å². The summed E-state index contributed by atoms with van der Waals surface area (Å²) in [5.74, 6) is 1.59. The summed E-state index contributed by atoms with van der Waals surface area (Å²) in [5, 5.41) is 0. The maximum absolute atomic E-state index is 5.53. The smallest absolute Gasteiger partial charge is 0.266 e. The lowest BCUT2D eigenvalue weighted by Gasteiger charge is -1.85. The van der Waals surface area contributed by atoms with Gasteiger partial charge in [0.25, 0.3) is 5.89 Å². The summed E-state index contributed by atoms with van der Waals surface area (Å²) in [7, 11) is 0. The van der Waals surface area contributed by atoms with E-state index in [2.05, 4.69) is 9.97 Å². The van der Waals surface area contributed by atoms with Gasteiger partial charge in [-0.3, -0.25) is 0 Å². The van der Waals surface area contributed by atoms with Gasteiger partial charge in [-0.2, -0.15) is 0 Å². The Bertz CT molecular complexity index is 619. The second kappa shape index (κ2) is 2.63. The molecule has 0 amide bonds. The van der Waals surface area contributed by atoms with Crippen LogP contribution in [0.15, 0.2) is 25.7 Å². The number of hydrogen-bond acceptors (Lipinski definition) is 6. The Morgan fingerprint density at radius 3 is 2.87 bits per heavy atom. The number of rotatable bonds is 1. The van der Waals surface area contributed by atoms with Crippen molar-refractivity contribution in [2.45, 2.75) is 6.92 Å². The lowest BCUT2D eigenvalue weighted by atomic mass is 10.5. The zero-order valence-corrected chi connectivity index (χ0v) is 7.85. The van der Waals surface area contributed by atoms with Gasteiger partial charge in [-0.05, 0) is 0 Å². The number of aromatic nitrogens is 2. The van der Waals surface area contributed by atoms with Crippen molar-refractivity contribution >= 4 is 17.0 Å². The maximum Gasteiger partial charge on any atom is 0.266 e. The molecule has 0 aliphatic carbocycles. The Kier molecular flexibility index (Phi) is 1.42. The highest BCUT2D eigenvalue weighted by molar-refractivity contribution is 5.83. The molecule has 2 N–H and O–H groups in total. The molecule has 0 unspecified atom stereocenters. The van der Waals surface area contributed by atoms with Crippen LogP contribution in [0, 0.1) is 6.92 Å². The standard InChI is InChI=1S/C9H7N3O3/c1-4-11-2-6(14-4)9-12-5-3-13-8(10)7(5)15-9/h2-3H,10H2,1H3. The molecular weight excluding hydrogens is 198 g/mol. The molecule has 76 valence electrons. The number of hydrogen-bond donors (Lipinski definition) is 1. The zero-order valence-electron chi connectivity index (χ0n) is 7.85. The molecule has 0 saturated heterocycles. The number of oxazole rings is 2. The van der Waals surface area contributed by atoms with Crippen LogP contribution in [0.1, 0.15) is 5.89 Å². The highest BCUT2D eigenvalue weighted by Gasteiger charge is 2.15. The first kappa shape index (κ1) is 8.10. The molecule has 3 aromatic heterocycles. The second-order valence-electron chi connectivity index (χ2n) is 3.08. The molecule has 3 rings (SSSR count). The first-order valence-corrected chi connectivity index (χ1v) is 4.30. The summed E-state index contributed by atoms with van der Waals surface area (Å²) < 4.78 is 15.6. The van der Waals surface area contributed by atoms with Gasteiger partial charge in [0.05, 0.1) is 6.20 Å². The van der Waals surface area contributed by atoms with Crippen LogP contribution in [-0.2, 0) is 0 Å². The van der Waals surface area contributed by atoms with Crippen LogP contribution >= 0.6 is 0 Å². The van der Waals surface area contributed by atoms with Crippen LogP contribution in [-0.4, -0.2) is 9.97 Å². The van der Waals surface area contributed by atoms with E-state index in [-0.39, 0.29) is 5.88 Å². The third kappa shape index (κ3) is 1.11. The molecule has 0 spiro atoms. The number of aryl methyl sites for hydroxylation is 1. The van der Waals surface area contributed by atoms with Crippen molar-refractivity contribution in [3.63, 3.8) is 0 Å². The fourth-order valence-electron chi connectivity index (χ4n) is 1.33. The number of nitrogens with zero attached hydrogens (tertiary/aromatic N) is 2. The minimum Gasteiger partial charge on any atom is -0.443 e. The molecule has 0 atom stereocenters. The summed E-state index contributed by atoms with van der Waals surface area (Å²) >= 11 is 0. The van der Waals surface area contributed by atoms with Crippen LogP contribution in [0.5, 0.6) is 0 Å². The predicted octanol–water partition coefficient (Wildman–Crippen LogP) is 1.97. The van der Waals surface area contributed by atoms with Gasteiger partial charge in [-0.15, -0.1) is 0 Å². The average molecular weight is 205 g/mol. The normalized spacial score (nSPS) is 11.3. The Labute approximate surface area is 83.7 Å². The summed E-state index contributed by atoms with van der Waals surface area (Å²) in [6.45, 7) is 1.75. The van der Waals surface area contributed by atoms with Crippen molar-refractivity contribution in [2.75, 3.05) is 5.73 Å². The SMILES string of the molecule is Cc1ncc(-c2nc3coc(N)c3o2)o1. The van der Waals surface area contributed by atoms with Gasteiger partial charge in [-0.25, -0.2) is 9.97 Å². The van der Waals surface area contributed by atoms with Gasteiger partial charge >= 0.3 is 0 Å². The number of fused-ring (bicyclic) bond motifs is 1. The molecule has 0 bridgehead atoms. The zero-order chi connectivity index (χ0) is 10.4. The van der Waals surface area contributed by atoms with E-state index in [0.717, 1.165) is 0 Å². The molecule has 0 fully saturated rings. The highest BCUT2D eigenvalue weighted by Crippen LogP contribution is 2.29. The van der Waals surface area contributed by atoms with Gasteiger partial charge < -0.3 is 19.0 Å². The largest absolute Gasteiger partial charge is 0.443 e. The minimum absolute atomic E-state index is 0.208. The fourth-order valence-corrected chi connectivity index (χ4v) is 1.33. The molecule has 3 heterocycles. The van der Waals surface area contributed by atoms with Gasteiger partial charge in [0, 0.05) is 6.92 Å². The number of furan rings is 1. The van der Waals surface area contributed by atoms with E-state index < -0.39 is 0 Å². The van der Waals surface area contributed by atoms with E-state index in [1.54, 1.807) is 13.1 Å². The van der Waals surface area contributed by atoms with E-state index in [4.69, 9.17) is 19.0 Å². The molecule has 15 heavy (non-hydrogen) atoms. The molecular formula is C9H7N3O3. The van der Waals surface area contributed by atoms with E-state index in [9.17, 15) is 0 Å². The number of nitrogens with two attached hydrogens (primary N) is 1. The van der Waals surface area contributed by atoms with Crippen molar-refractivity contribution in [1.82, 2.24) is 9.97 Å². The van der Waals surface area contributed by atoms with E-state index in [1.807, 2.05) is 0 Å². The van der Waals surface area contributed by atoms with Gasteiger partial charge in [-0.1, -0.05) is 0 Å². The molecule has 0 radical (unpaired) electrons. The molecule has 0 saturated carbocycles. The van der Waals surface area contributed by atoms with Crippen LogP contribution in [0.2, 0.25) is 0 Å². The Balaban J connectivity index is 2.19. The van der Waals surface area contributed by atoms with Crippen molar-refractivity contribution in [1.29, 1.82) is 0 Å². The Morgan fingerprint density at radius 1 is 1.33 bits per heavy atom. The van der Waals surface area contributed by atoms with Crippen LogP contribution in [0.25, 0.3) is 22.8 Å². The number of nitrogen functional groups attached to an aromatic ring is 1. The van der Waals surface area contributed by atoms with E-state index >= 15 is 0 Å². The number of anilines is 1. The minimum atomic E-state index is 0.208. The van der Waals surface area contributed by atoms with Crippen molar-refractivity contribution in [2.24, 2.45) is 0 Å². The topological polar surface area (TPSA) is 91.2 Å². The summed E-state index contributed by atoms with van der Waals surface area (Å²) in [6.07, 6.45) is 2.98. The molecule has 0 aromatic carbocycles. The first-order chi connectivity index (χ1) is 7.24. The monoisotopic (exact) mass is 205 g/mol. The lowest BCUT2D eigenvalue weighted by Crippen LogP contribution is -1.77. The first-order valence-electron chi connectivity index (χ1n) is 4.30. The quantitative estimate of drug-likeness (QED) is 0.652.